The first-order valence-electron chi connectivity index (χ1n) is 8.04. The largest absolute Gasteiger partial charge is 0.461 e. The molecule has 0 aliphatic carbocycles. The van der Waals surface area contributed by atoms with E-state index in [4.69, 9.17) is 10.5 Å². The number of hydrogen-bond donors (Lipinski definition) is 1. The molecule has 0 fully saturated rings. The summed E-state index contributed by atoms with van der Waals surface area (Å²) in [6, 6.07) is 0. The van der Waals surface area contributed by atoms with Gasteiger partial charge in [0.1, 0.15) is 0 Å². The Bertz CT molecular complexity index is 441. The first kappa shape index (κ1) is 17.5. The van der Waals surface area contributed by atoms with Crippen molar-refractivity contribution >= 4 is 11.7 Å². The number of rotatable bonds is 10. The molecule has 1 rings (SSSR count). The molecule has 0 aliphatic rings. The van der Waals surface area contributed by atoms with Crippen molar-refractivity contribution in [2.24, 2.45) is 7.05 Å². The fourth-order valence-electron chi connectivity index (χ4n) is 2.39. The van der Waals surface area contributed by atoms with Crippen molar-refractivity contribution in [2.75, 3.05) is 12.3 Å². The number of aromatic nitrogens is 2. The van der Waals surface area contributed by atoms with E-state index in [0.717, 1.165) is 12.8 Å². The Hall–Kier alpha value is -1.52. The molecule has 2 N–H and O–H groups in total. The van der Waals surface area contributed by atoms with Gasteiger partial charge in [-0.05, 0) is 13.3 Å². The van der Waals surface area contributed by atoms with Crippen LogP contribution in [-0.4, -0.2) is 22.4 Å². The van der Waals surface area contributed by atoms with Gasteiger partial charge in [0, 0.05) is 7.05 Å². The molecule has 5 heteroatoms. The minimum atomic E-state index is -0.376. The van der Waals surface area contributed by atoms with Crippen molar-refractivity contribution in [3.63, 3.8) is 0 Å². The molecule has 0 spiro atoms. The van der Waals surface area contributed by atoms with Crippen LogP contribution in [-0.2, 0) is 11.8 Å². The number of carbonyl (C=O) groups is 1. The lowest BCUT2D eigenvalue weighted by Crippen LogP contribution is -2.13. The van der Waals surface area contributed by atoms with Crippen molar-refractivity contribution in [1.29, 1.82) is 0 Å². The SMILES string of the molecule is CCCCCCCCCCOC(=O)c1c(N)c(C)nn1C. The molecule has 21 heavy (non-hydrogen) atoms. The molecule has 120 valence electrons. The van der Waals surface area contributed by atoms with Crippen LogP contribution < -0.4 is 5.73 Å². The zero-order valence-electron chi connectivity index (χ0n) is 13.7. The van der Waals surface area contributed by atoms with E-state index in [0.29, 0.717) is 23.7 Å². The second-order valence-corrected chi connectivity index (χ2v) is 5.58. The predicted molar refractivity (Wildman–Crippen MR) is 85.2 cm³/mol. The highest BCUT2D eigenvalue weighted by molar-refractivity contribution is 5.93. The summed E-state index contributed by atoms with van der Waals surface area (Å²) in [4.78, 5) is 11.9. The van der Waals surface area contributed by atoms with Crippen LogP contribution in [0.1, 0.15) is 74.5 Å². The lowest BCUT2D eigenvalue weighted by Gasteiger charge is -2.06. The number of hydrogen-bond acceptors (Lipinski definition) is 4. The second kappa shape index (κ2) is 9.42. The Morgan fingerprint density at radius 2 is 1.71 bits per heavy atom. The molecule has 0 saturated carbocycles. The summed E-state index contributed by atoms with van der Waals surface area (Å²) in [7, 11) is 1.70. The highest BCUT2D eigenvalue weighted by Crippen LogP contribution is 2.16. The van der Waals surface area contributed by atoms with E-state index in [1.807, 2.05) is 0 Å². The van der Waals surface area contributed by atoms with E-state index in [2.05, 4.69) is 12.0 Å². The van der Waals surface area contributed by atoms with Gasteiger partial charge in [0.25, 0.3) is 0 Å². The molecule has 0 aliphatic heterocycles. The average Bonchev–Trinajstić information content (AvgIpc) is 2.70. The molecule has 0 saturated heterocycles. The number of aryl methyl sites for hydroxylation is 2. The summed E-state index contributed by atoms with van der Waals surface area (Å²) < 4.78 is 6.76. The van der Waals surface area contributed by atoms with Gasteiger partial charge in [-0.25, -0.2) is 4.79 Å². The van der Waals surface area contributed by atoms with Crippen LogP contribution in [0.2, 0.25) is 0 Å². The Labute approximate surface area is 127 Å². The molecule has 5 nitrogen and oxygen atoms in total. The summed E-state index contributed by atoms with van der Waals surface area (Å²) in [5, 5.41) is 4.12. The number of unbranched alkanes of at least 4 members (excludes halogenated alkanes) is 7. The minimum absolute atomic E-state index is 0.354. The highest BCUT2D eigenvalue weighted by Gasteiger charge is 2.18. The average molecular weight is 295 g/mol. The first-order chi connectivity index (χ1) is 10.1. The maximum atomic E-state index is 11.9. The molecule has 0 radical (unpaired) electrons. The Balaban J connectivity index is 2.14. The standard InChI is InChI=1S/C16H29N3O2/c1-4-5-6-7-8-9-10-11-12-21-16(20)15-14(17)13(2)18-19(15)3/h4-12,17H2,1-3H3. The number of ether oxygens (including phenoxy) is 1. The van der Waals surface area contributed by atoms with Crippen LogP contribution in [0.4, 0.5) is 5.69 Å². The van der Waals surface area contributed by atoms with Crippen LogP contribution in [0.3, 0.4) is 0 Å². The van der Waals surface area contributed by atoms with Crippen LogP contribution >= 0.6 is 0 Å². The second-order valence-electron chi connectivity index (χ2n) is 5.58. The molecule has 1 heterocycles. The van der Waals surface area contributed by atoms with Crippen LogP contribution in [0, 0.1) is 6.92 Å². The lowest BCUT2D eigenvalue weighted by molar-refractivity contribution is 0.0486. The normalized spacial score (nSPS) is 10.8. The molecule has 0 atom stereocenters. The number of carbonyl (C=O) groups excluding carboxylic acids is 1. The highest BCUT2D eigenvalue weighted by atomic mass is 16.5. The van der Waals surface area contributed by atoms with Gasteiger partial charge in [0.05, 0.1) is 18.0 Å². The lowest BCUT2D eigenvalue weighted by atomic mass is 10.1. The van der Waals surface area contributed by atoms with Crippen LogP contribution in [0.5, 0.6) is 0 Å². The van der Waals surface area contributed by atoms with E-state index in [1.165, 1.54) is 43.2 Å². The van der Waals surface area contributed by atoms with Gasteiger partial charge in [0.15, 0.2) is 5.69 Å². The minimum Gasteiger partial charge on any atom is -0.461 e. The van der Waals surface area contributed by atoms with Crippen LogP contribution in [0.15, 0.2) is 0 Å². The molecule has 0 bridgehead atoms. The van der Waals surface area contributed by atoms with E-state index >= 15 is 0 Å². The summed E-state index contributed by atoms with van der Waals surface area (Å²) in [6.07, 6.45) is 9.80. The number of esters is 1. The van der Waals surface area contributed by atoms with Crippen LogP contribution in [0.25, 0.3) is 0 Å². The molecule has 0 aromatic carbocycles. The van der Waals surface area contributed by atoms with Gasteiger partial charge >= 0.3 is 5.97 Å². The van der Waals surface area contributed by atoms with Crippen molar-refractivity contribution in [1.82, 2.24) is 9.78 Å². The monoisotopic (exact) mass is 295 g/mol. The summed E-state index contributed by atoms with van der Waals surface area (Å²) in [6.45, 7) is 4.47. The zero-order chi connectivity index (χ0) is 15.7. The molecule has 1 aromatic rings. The van der Waals surface area contributed by atoms with Gasteiger partial charge in [-0.2, -0.15) is 5.10 Å². The molecule has 0 unspecified atom stereocenters. The number of anilines is 1. The molecule has 0 amide bonds. The number of nitrogens with zero attached hydrogens (tertiary/aromatic N) is 2. The fourth-order valence-corrected chi connectivity index (χ4v) is 2.39. The quantitative estimate of drug-likeness (QED) is 0.529. The zero-order valence-corrected chi connectivity index (χ0v) is 13.7. The first-order valence-corrected chi connectivity index (χ1v) is 8.04. The van der Waals surface area contributed by atoms with Crippen molar-refractivity contribution < 1.29 is 9.53 Å². The summed E-state index contributed by atoms with van der Waals surface area (Å²) in [5.41, 5.74) is 7.26. The van der Waals surface area contributed by atoms with E-state index in [1.54, 1.807) is 14.0 Å². The van der Waals surface area contributed by atoms with Crippen molar-refractivity contribution in [2.45, 2.75) is 65.2 Å². The van der Waals surface area contributed by atoms with Gasteiger partial charge < -0.3 is 10.5 Å². The van der Waals surface area contributed by atoms with Gasteiger partial charge in [0.2, 0.25) is 0 Å². The van der Waals surface area contributed by atoms with Gasteiger partial charge in [-0.3, -0.25) is 4.68 Å². The predicted octanol–water partition coefficient (Wildman–Crippen LogP) is 3.61. The Morgan fingerprint density at radius 1 is 1.14 bits per heavy atom. The summed E-state index contributed by atoms with van der Waals surface area (Å²) >= 11 is 0. The Kier molecular flexibility index (Phi) is 7.87. The summed E-state index contributed by atoms with van der Waals surface area (Å²) in [5.74, 6) is -0.376. The third-order valence-electron chi connectivity index (χ3n) is 3.69. The third-order valence-corrected chi connectivity index (χ3v) is 3.69. The van der Waals surface area contributed by atoms with E-state index in [-0.39, 0.29) is 5.97 Å². The maximum Gasteiger partial charge on any atom is 0.358 e. The number of nitrogens with two attached hydrogens (primary N) is 1. The van der Waals surface area contributed by atoms with Gasteiger partial charge in [-0.1, -0.05) is 51.9 Å². The van der Waals surface area contributed by atoms with E-state index < -0.39 is 0 Å². The number of nitrogen functional groups attached to an aromatic ring is 1. The molecular weight excluding hydrogens is 266 g/mol. The van der Waals surface area contributed by atoms with Crippen molar-refractivity contribution in [3.05, 3.63) is 11.4 Å². The topological polar surface area (TPSA) is 70.1 Å². The van der Waals surface area contributed by atoms with Crippen molar-refractivity contribution in [3.8, 4) is 0 Å². The smallest absolute Gasteiger partial charge is 0.358 e. The van der Waals surface area contributed by atoms with E-state index in [9.17, 15) is 4.79 Å². The maximum absolute atomic E-state index is 11.9. The molecular formula is C16H29N3O2. The fraction of sp³-hybridized carbons (Fsp3) is 0.750. The van der Waals surface area contributed by atoms with Gasteiger partial charge in [-0.15, -0.1) is 0 Å². The Morgan fingerprint density at radius 3 is 2.24 bits per heavy atom. The molecule has 1 aromatic heterocycles. The third kappa shape index (κ3) is 5.78.